The maximum Gasteiger partial charge on any atom is 0.0991 e. The highest BCUT2D eigenvalue weighted by molar-refractivity contribution is 5.51. The van der Waals surface area contributed by atoms with Gasteiger partial charge in [0.25, 0.3) is 0 Å². The van der Waals surface area contributed by atoms with Crippen LogP contribution in [0.25, 0.3) is 0 Å². The summed E-state index contributed by atoms with van der Waals surface area (Å²) >= 11 is 0. The third-order valence-corrected chi connectivity index (χ3v) is 3.14. The van der Waals surface area contributed by atoms with Gasteiger partial charge in [0, 0.05) is 38.0 Å². The Kier molecular flexibility index (Phi) is 3.97. The molecule has 0 bridgehead atoms. The SMILES string of the molecule is N#Cc1ccc(N2CCNCC2CCO)cc1. The van der Waals surface area contributed by atoms with Crippen LogP contribution in [-0.2, 0) is 0 Å². The molecule has 1 aliphatic rings. The molecular weight excluding hydrogens is 214 g/mol. The van der Waals surface area contributed by atoms with E-state index >= 15 is 0 Å². The van der Waals surface area contributed by atoms with Crippen molar-refractivity contribution in [1.29, 1.82) is 5.26 Å². The molecule has 2 rings (SSSR count). The second-order valence-corrected chi connectivity index (χ2v) is 4.22. The topological polar surface area (TPSA) is 59.3 Å². The molecule has 1 fully saturated rings. The number of aliphatic hydroxyl groups excluding tert-OH is 1. The molecule has 1 saturated heterocycles. The van der Waals surface area contributed by atoms with E-state index < -0.39 is 0 Å². The fourth-order valence-electron chi connectivity index (χ4n) is 2.24. The van der Waals surface area contributed by atoms with Crippen LogP contribution in [0, 0.1) is 11.3 Å². The molecule has 0 amide bonds. The minimum Gasteiger partial charge on any atom is -0.396 e. The molecular formula is C13H17N3O. The molecule has 4 nitrogen and oxygen atoms in total. The van der Waals surface area contributed by atoms with Gasteiger partial charge in [0.05, 0.1) is 11.6 Å². The highest BCUT2D eigenvalue weighted by atomic mass is 16.3. The Balaban J connectivity index is 2.14. The zero-order chi connectivity index (χ0) is 12.1. The summed E-state index contributed by atoms with van der Waals surface area (Å²) in [5.74, 6) is 0. The first-order valence-corrected chi connectivity index (χ1v) is 5.93. The van der Waals surface area contributed by atoms with E-state index in [1.165, 1.54) is 0 Å². The number of piperazine rings is 1. The minimum atomic E-state index is 0.207. The third kappa shape index (κ3) is 2.76. The summed E-state index contributed by atoms with van der Waals surface area (Å²) in [7, 11) is 0. The summed E-state index contributed by atoms with van der Waals surface area (Å²) in [5, 5.41) is 21.2. The third-order valence-electron chi connectivity index (χ3n) is 3.14. The van der Waals surface area contributed by atoms with Crippen LogP contribution in [0.1, 0.15) is 12.0 Å². The van der Waals surface area contributed by atoms with E-state index in [9.17, 15) is 0 Å². The van der Waals surface area contributed by atoms with Crippen LogP contribution in [0.3, 0.4) is 0 Å². The van der Waals surface area contributed by atoms with Gasteiger partial charge in [-0.05, 0) is 30.7 Å². The van der Waals surface area contributed by atoms with Crippen molar-refractivity contribution in [3.63, 3.8) is 0 Å². The highest BCUT2D eigenvalue weighted by Crippen LogP contribution is 2.20. The summed E-state index contributed by atoms with van der Waals surface area (Å²) in [6.45, 7) is 3.01. The van der Waals surface area contributed by atoms with Crippen LogP contribution in [0.2, 0.25) is 0 Å². The van der Waals surface area contributed by atoms with E-state index in [0.717, 1.165) is 31.7 Å². The van der Waals surface area contributed by atoms with Crippen molar-refractivity contribution < 1.29 is 5.11 Å². The lowest BCUT2D eigenvalue weighted by Gasteiger charge is -2.37. The molecule has 1 aromatic rings. The van der Waals surface area contributed by atoms with E-state index in [0.29, 0.717) is 11.6 Å². The first kappa shape index (κ1) is 11.9. The molecule has 1 heterocycles. The van der Waals surface area contributed by atoms with E-state index in [1.807, 2.05) is 24.3 Å². The van der Waals surface area contributed by atoms with Gasteiger partial charge in [-0.2, -0.15) is 5.26 Å². The Morgan fingerprint density at radius 1 is 1.41 bits per heavy atom. The molecule has 4 heteroatoms. The molecule has 90 valence electrons. The number of nitrogens with one attached hydrogen (secondary N) is 1. The molecule has 1 aromatic carbocycles. The molecule has 0 aliphatic carbocycles. The van der Waals surface area contributed by atoms with Crippen LogP contribution in [0.5, 0.6) is 0 Å². The zero-order valence-electron chi connectivity index (χ0n) is 9.76. The molecule has 0 spiro atoms. The van der Waals surface area contributed by atoms with Crippen LogP contribution < -0.4 is 10.2 Å². The summed E-state index contributed by atoms with van der Waals surface area (Å²) in [5.41, 5.74) is 1.81. The Labute approximate surface area is 101 Å². The van der Waals surface area contributed by atoms with Crippen LogP contribution in [-0.4, -0.2) is 37.4 Å². The van der Waals surface area contributed by atoms with Gasteiger partial charge in [0.2, 0.25) is 0 Å². The van der Waals surface area contributed by atoms with E-state index in [2.05, 4.69) is 16.3 Å². The summed E-state index contributed by atoms with van der Waals surface area (Å²) < 4.78 is 0. The van der Waals surface area contributed by atoms with E-state index in [1.54, 1.807) is 0 Å². The number of hydrogen-bond acceptors (Lipinski definition) is 4. The van der Waals surface area contributed by atoms with Gasteiger partial charge in [-0.3, -0.25) is 0 Å². The average molecular weight is 231 g/mol. The van der Waals surface area contributed by atoms with Gasteiger partial charge in [-0.15, -0.1) is 0 Å². The van der Waals surface area contributed by atoms with Crippen molar-refractivity contribution in [3.8, 4) is 6.07 Å². The lowest BCUT2D eigenvalue weighted by Crippen LogP contribution is -2.51. The van der Waals surface area contributed by atoms with Gasteiger partial charge >= 0.3 is 0 Å². The number of benzene rings is 1. The van der Waals surface area contributed by atoms with Crippen molar-refractivity contribution in [3.05, 3.63) is 29.8 Å². The van der Waals surface area contributed by atoms with Crippen LogP contribution in [0.15, 0.2) is 24.3 Å². The fraction of sp³-hybridized carbons (Fsp3) is 0.462. The predicted octanol–water partition coefficient (Wildman–Crippen LogP) is 0.719. The van der Waals surface area contributed by atoms with Crippen LogP contribution in [0.4, 0.5) is 5.69 Å². The first-order valence-electron chi connectivity index (χ1n) is 5.93. The first-order chi connectivity index (χ1) is 8.35. The Bertz CT molecular complexity index is 394. The second kappa shape index (κ2) is 5.67. The molecule has 0 saturated carbocycles. The van der Waals surface area contributed by atoms with E-state index in [-0.39, 0.29) is 6.61 Å². The lowest BCUT2D eigenvalue weighted by atomic mass is 10.1. The highest BCUT2D eigenvalue weighted by Gasteiger charge is 2.21. The van der Waals surface area contributed by atoms with Gasteiger partial charge in [-0.25, -0.2) is 0 Å². The van der Waals surface area contributed by atoms with Crippen molar-refractivity contribution in [1.82, 2.24) is 5.32 Å². The number of hydrogen-bond donors (Lipinski definition) is 2. The molecule has 17 heavy (non-hydrogen) atoms. The molecule has 1 unspecified atom stereocenters. The molecule has 1 atom stereocenters. The minimum absolute atomic E-state index is 0.207. The van der Waals surface area contributed by atoms with Crippen molar-refractivity contribution >= 4 is 5.69 Å². The Hall–Kier alpha value is -1.57. The number of nitriles is 1. The zero-order valence-corrected chi connectivity index (χ0v) is 9.76. The summed E-state index contributed by atoms with van der Waals surface area (Å²) in [6.07, 6.45) is 0.771. The van der Waals surface area contributed by atoms with E-state index in [4.69, 9.17) is 10.4 Å². The predicted molar refractivity (Wildman–Crippen MR) is 66.9 cm³/mol. The summed E-state index contributed by atoms with van der Waals surface area (Å²) in [6, 6.07) is 10.1. The number of aliphatic hydroxyl groups is 1. The van der Waals surface area contributed by atoms with Gasteiger partial charge < -0.3 is 15.3 Å². The Morgan fingerprint density at radius 3 is 2.82 bits per heavy atom. The maximum atomic E-state index is 9.07. The average Bonchev–Trinajstić information content (AvgIpc) is 2.40. The van der Waals surface area contributed by atoms with Crippen molar-refractivity contribution in [2.24, 2.45) is 0 Å². The normalized spacial score (nSPS) is 20.0. The number of rotatable bonds is 3. The standard InChI is InChI=1S/C13H17N3O/c14-9-11-1-3-12(4-2-11)16-7-6-15-10-13(16)5-8-17/h1-4,13,15,17H,5-8,10H2. The quantitative estimate of drug-likeness (QED) is 0.804. The monoisotopic (exact) mass is 231 g/mol. The lowest BCUT2D eigenvalue weighted by molar-refractivity contribution is 0.266. The molecule has 0 aromatic heterocycles. The fourth-order valence-corrected chi connectivity index (χ4v) is 2.24. The van der Waals surface area contributed by atoms with Gasteiger partial charge in [-0.1, -0.05) is 0 Å². The van der Waals surface area contributed by atoms with Crippen molar-refractivity contribution in [2.45, 2.75) is 12.5 Å². The smallest absolute Gasteiger partial charge is 0.0991 e. The molecule has 1 aliphatic heterocycles. The van der Waals surface area contributed by atoms with Crippen molar-refractivity contribution in [2.75, 3.05) is 31.1 Å². The van der Waals surface area contributed by atoms with Crippen LogP contribution >= 0.6 is 0 Å². The Morgan fingerprint density at radius 2 is 2.18 bits per heavy atom. The molecule has 2 N–H and O–H groups in total. The van der Waals surface area contributed by atoms with Gasteiger partial charge in [0.1, 0.15) is 0 Å². The number of anilines is 1. The number of nitrogens with zero attached hydrogens (tertiary/aromatic N) is 2. The second-order valence-electron chi connectivity index (χ2n) is 4.22. The maximum absolute atomic E-state index is 9.07. The molecule has 0 radical (unpaired) electrons. The van der Waals surface area contributed by atoms with Gasteiger partial charge in [0.15, 0.2) is 0 Å². The summed E-state index contributed by atoms with van der Waals surface area (Å²) in [4.78, 5) is 2.30. The largest absolute Gasteiger partial charge is 0.396 e.